The van der Waals surface area contributed by atoms with E-state index in [1.54, 1.807) is 0 Å². The fraction of sp³-hybridized carbons (Fsp3) is 0.611. The van der Waals surface area contributed by atoms with E-state index < -0.39 is 0 Å². The van der Waals surface area contributed by atoms with Gasteiger partial charge < -0.3 is 10.4 Å². The molecule has 2 N–H and O–H groups in total. The largest absolute Gasteiger partial charge is 0.392 e. The molecule has 2 rings (SSSR count). The van der Waals surface area contributed by atoms with Gasteiger partial charge in [0.05, 0.1) is 6.61 Å². The molecule has 0 bridgehead atoms. The molecule has 0 aliphatic heterocycles. The molecular weight excluding hydrogens is 262 g/mol. The Morgan fingerprint density at radius 3 is 2.29 bits per heavy atom. The molecule has 116 valence electrons. The van der Waals surface area contributed by atoms with E-state index in [1.807, 2.05) is 24.3 Å². The highest BCUT2D eigenvalue weighted by Crippen LogP contribution is 2.43. The van der Waals surface area contributed by atoms with Crippen LogP contribution in [0.2, 0.25) is 0 Å². The number of benzene rings is 1. The Kier molecular flexibility index (Phi) is 5.40. The van der Waals surface area contributed by atoms with E-state index in [1.165, 1.54) is 12.8 Å². The van der Waals surface area contributed by atoms with Crippen molar-refractivity contribution in [3.63, 3.8) is 0 Å². The second-order valence-electron chi connectivity index (χ2n) is 6.74. The molecule has 0 radical (unpaired) electrons. The zero-order chi connectivity index (χ0) is 15.3. The van der Waals surface area contributed by atoms with Gasteiger partial charge in [-0.2, -0.15) is 0 Å². The normalized spacial score (nSPS) is 17.1. The molecular formula is C18H27NO2. The second-order valence-corrected chi connectivity index (χ2v) is 6.74. The van der Waals surface area contributed by atoms with Gasteiger partial charge in [0.2, 0.25) is 5.91 Å². The zero-order valence-electron chi connectivity index (χ0n) is 13.2. The van der Waals surface area contributed by atoms with Crippen LogP contribution in [0.3, 0.4) is 0 Å². The first-order valence-electron chi connectivity index (χ1n) is 8.03. The topological polar surface area (TPSA) is 49.3 Å². The Bertz CT molecular complexity index is 459. The first-order valence-corrected chi connectivity index (χ1v) is 8.03. The lowest BCUT2D eigenvalue weighted by molar-refractivity contribution is -0.132. The smallest absolute Gasteiger partial charge is 0.226 e. The third-order valence-electron chi connectivity index (χ3n) is 4.50. The van der Waals surface area contributed by atoms with Crippen LogP contribution in [0, 0.1) is 11.3 Å². The molecule has 21 heavy (non-hydrogen) atoms. The van der Waals surface area contributed by atoms with Crippen LogP contribution >= 0.6 is 0 Å². The Morgan fingerprint density at radius 2 is 1.76 bits per heavy atom. The predicted octanol–water partition coefficient (Wildman–Crippen LogP) is 3.40. The number of hydrogen-bond acceptors (Lipinski definition) is 2. The highest BCUT2D eigenvalue weighted by molar-refractivity contribution is 5.82. The first-order chi connectivity index (χ1) is 10.1. The lowest BCUT2D eigenvalue weighted by Crippen LogP contribution is -2.39. The van der Waals surface area contributed by atoms with Crippen LogP contribution in [0.5, 0.6) is 0 Å². The van der Waals surface area contributed by atoms with Gasteiger partial charge in [0, 0.05) is 12.0 Å². The van der Waals surface area contributed by atoms with Gasteiger partial charge in [0.1, 0.15) is 0 Å². The lowest BCUT2D eigenvalue weighted by Gasteiger charge is -2.29. The fourth-order valence-corrected chi connectivity index (χ4v) is 3.49. The molecule has 0 aromatic heterocycles. The van der Waals surface area contributed by atoms with Crippen molar-refractivity contribution in [2.75, 3.05) is 0 Å². The number of aliphatic hydroxyl groups is 1. The highest BCUT2D eigenvalue weighted by Gasteiger charge is 2.40. The Hall–Kier alpha value is -1.35. The quantitative estimate of drug-likeness (QED) is 0.843. The molecule has 0 spiro atoms. The van der Waals surface area contributed by atoms with Crippen molar-refractivity contribution in [3.05, 3.63) is 35.4 Å². The van der Waals surface area contributed by atoms with E-state index in [-0.39, 0.29) is 17.9 Å². The van der Waals surface area contributed by atoms with Crippen molar-refractivity contribution in [1.29, 1.82) is 0 Å². The zero-order valence-corrected chi connectivity index (χ0v) is 13.2. The summed E-state index contributed by atoms with van der Waals surface area (Å²) in [6, 6.07) is 7.74. The van der Waals surface area contributed by atoms with Crippen LogP contribution in [0.15, 0.2) is 24.3 Å². The Morgan fingerprint density at radius 1 is 1.19 bits per heavy atom. The minimum atomic E-state index is -0.140. The van der Waals surface area contributed by atoms with Crippen molar-refractivity contribution in [2.24, 2.45) is 11.3 Å². The minimum Gasteiger partial charge on any atom is -0.392 e. The summed E-state index contributed by atoms with van der Waals surface area (Å²) in [7, 11) is 0. The SMILES string of the molecule is CC(C)CC1(C(=O)NCc2ccc(CO)cc2)CCCC1. The number of amides is 1. The average Bonchev–Trinajstić information content (AvgIpc) is 2.94. The maximum absolute atomic E-state index is 12.6. The van der Waals surface area contributed by atoms with Crippen molar-refractivity contribution in [2.45, 2.75) is 59.1 Å². The van der Waals surface area contributed by atoms with Gasteiger partial charge in [-0.1, -0.05) is 51.0 Å². The van der Waals surface area contributed by atoms with E-state index in [2.05, 4.69) is 19.2 Å². The summed E-state index contributed by atoms with van der Waals surface area (Å²) >= 11 is 0. The molecule has 3 nitrogen and oxygen atoms in total. The third kappa shape index (κ3) is 4.07. The van der Waals surface area contributed by atoms with Crippen LogP contribution in [0.25, 0.3) is 0 Å². The van der Waals surface area contributed by atoms with Crippen molar-refractivity contribution < 1.29 is 9.90 Å². The van der Waals surface area contributed by atoms with Crippen LogP contribution in [0.4, 0.5) is 0 Å². The summed E-state index contributed by atoms with van der Waals surface area (Å²) in [6.07, 6.45) is 5.39. The van der Waals surface area contributed by atoms with Gasteiger partial charge >= 0.3 is 0 Å². The standard InChI is InChI=1S/C18H27NO2/c1-14(2)11-18(9-3-4-10-18)17(21)19-12-15-5-7-16(13-20)8-6-15/h5-8,14,20H,3-4,9-13H2,1-2H3,(H,19,21). The van der Waals surface area contributed by atoms with Crippen molar-refractivity contribution in [1.82, 2.24) is 5.32 Å². The van der Waals surface area contributed by atoms with Gasteiger partial charge in [-0.25, -0.2) is 0 Å². The Balaban J connectivity index is 1.95. The fourth-order valence-electron chi connectivity index (χ4n) is 3.49. The maximum Gasteiger partial charge on any atom is 0.226 e. The third-order valence-corrected chi connectivity index (χ3v) is 4.50. The number of carbonyl (C=O) groups is 1. The summed E-state index contributed by atoms with van der Waals surface area (Å²) in [5.74, 6) is 0.776. The van der Waals surface area contributed by atoms with Crippen LogP contribution in [-0.2, 0) is 17.9 Å². The summed E-state index contributed by atoms with van der Waals surface area (Å²) in [5.41, 5.74) is 1.84. The molecule has 0 heterocycles. The van der Waals surface area contributed by atoms with Gasteiger partial charge in [-0.15, -0.1) is 0 Å². The lowest BCUT2D eigenvalue weighted by atomic mass is 9.77. The summed E-state index contributed by atoms with van der Waals surface area (Å²) < 4.78 is 0. The van der Waals surface area contributed by atoms with E-state index in [0.29, 0.717) is 12.5 Å². The van der Waals surface area contributed by atoms with Gasteiger partial charge in [0.25, 0.3) is 0 Å². The van der Waals surface area contributed by atoms with Crippen LogP contribution in [-0.4, -0.2) is 11.0 Å². The summed E-state index contributed by atoms with van der Waals surface area (Å²) in [6.45, 7) is 5.02. The van der Waals surface area contributed by atoms with Crippen LogP contribution < -0.4 is 5.32 Å². The molecule has 1 amide bonds. The van der Waals surface area contributed by atoms with Crippen LogP contribution in [0.1, 0.15) is 57.1 Å². The van der Waals surface area contributed by atoms with Gasteiger partial charge in [0.15, 0.2) is 0 Å². The predicted molar refractivity (Wildman–Crippen MR) is 84.6 cm³/mol. The number of nitrogens with one attached hydrogen (secondary N) is 1. The van der Waals surface area contributed by atoms with E-state index >= 15 is 0 Å². The molecule has 1 aromatic carbocycles. The van der Waals surface area contributed by atoms with Crippen molar-refractivity contribution >= 4 is 5.91 Å². The minimum absolute atomic E-state index is 0.0597. The van der Waals surface area contributed by atoms with E-state index in [9.17, 15) is 4.79 Å². The number of rotatable bonds is 6. The molecule has 3 heteroatoms. The van der Waals surface area contributed by atoms with Gasteiger partial charge in [-0.05, 0) is 36.3 Å². The highest BCUT2D eigenvalue weighted by atomic mass is 16.3. The first kappa shape index (κ1) is 16.0. The summed E-state index contributed by atoms with van der Waals surface area (Å²) in [5, 5.41) is 12.2. The monoisotopic (exact) mass is 289 g/mol. The number of hydrogen-bond donors (Lipinski definition) is 2. The average molecular weight is 289 g/mol. The van der Waals surface area contributed by atoms with E-state index in [0.717, 1.165) is 30.4 Å². The molecule has 1 fully saturated rings. The van der Waals surface area contributed by atoms with Gasteiger partial charge in [-0.3, -0.25) is 4.79 Å². The molecule has 0 saturated heterocycles. The number of carbonyl (C=O) groups excluding carboxylic acids is 1. The second kappa shape index (κ2) is 7.08. The molecule has 1 saturated carbocycles. The molecule has 1 aliphatic carbocycles. The summed E-state index contributed by atoms with van der Waals surface area (Å²) in [4.78, 5) is 12.6. The van der Waals surface area contributed by atoms with E-state index in [4.69, 9.17) is 5.11 Å². The molecule has 1 aliphatic rings. The molecule has 0 unspecified atom stereocenters. The molecule has 1 aromatic rings. The molecule has 0 atom stereocenters. The Labute approximate surface area is 127 Å². The van der Waals surface area contributed by atoms with Crippen molar-refractivity contribution in [3.8, 4) is 0 Å². The number of aliphatic hydroxyl groups excluding tert-OH is 1. The maximum atomic E-state index is 12.6.